The summed E-state index contributed by atoms with van der Waals surface area (Å²) in [6.07, 6.45) is 1.59. The number of esters is 1. The minimum absolute atomic E-state index is 0.170. The van der Waals surface area contributed by atoms with Crippen molar-refractivity contribution in [2.24, 2.45) is 0 Å². The third-order valence-electron chi connectivity index (χ3n) is 4.46. The Kier molecular flexibility index (Phi) is 9.52. The molecule has 11 heteroatoms. The number of ether oxygens (including phenoxy) is 3. The molecular formula is C23H20Cl2INO6S. The van der Waals surface area contributed by atoms with Crippen molar-refractivity contribution in [3.8, 4) is 11.5 Å². The second kappa shape index (κ2) is 12.1. The van der Waals surface area contributed by atoms with Gasteiger partial charge in [0.1, 0.15) is 13.2 Å². The van der Waals surface area contributed by atoms with Crippen molar-refractivity contribution in [2.45, 2.75) is 20.5 Å². The molecule has 1 heterocycles. The summed E-state index contributed by atoms with van der Waals surface area (Å²) >= 11 is 14.9. The number of benzene rings is 2. The predicted molar refractivity (Wildman–Crippen MR) is 140 cm³/mol. The standard InChI is InChI=1S/C23H20Cl2INO6S/c1-3-31-18-9-14(10-19-22(29)27(23(30)34-19)11-20(28)32-4-2)8-17(26)21(18)33-12-13-5-6-15(24)16(25)7-13/h5-10H,3-4,11-12H2,1-2H3/b19-10+. The van der Waals surface area contributed by atoms with Crippen molar-refractivity contribution in [2.75, 3.05) is 19.8 Å². The Bertz CT molecular complexity index is 1160. The quantitative estimate of drug-likeness (QED) is 0.185. The maximum atomic E-state index is 12.7. The molecule has 0 bridgehead atoms. The summed E-state index contributed by atoms with van der Waals surface area (Å²) in [7, 11) is 0. The molecule has 0 saturated carbocycles. The Labute approximate surface area is 224 Å². The van der Waals surface area contributed by atoms with Crippen LogP contribution in [0.25, 0.3) is 6.08 Å². The third kappa shape index (κ3) is 6.59. The first-order valence-electron chi connectivity index (χ1n) is 10.2. The first-order valence-corrected chi connectivity index (χ1v) is 12.8. The van der Waals surface area contributed by atoms with Crippen molar-refractivity contribution in [3.05, 3.63) is 60.0 Å². The van der Waals surface area contributed by atoms with E-state index in [0.717, 1.165) is 25.8 Å². The molecule has 180 valence electrons. The van der Waals surface area contributed by atoms with Crippen LogP contribution in [0.2, 0.25) is 10.0 Å². The highest BCUT2D eigenvalue weighted by atomic mass is 127. The van der Waals surface area contributed by atoms with Crippen molar-refractivity contribution in [1.82, 2.24) is 4.90 Å². The fraction of sp³-hybridized carbons (Fsp3) is 0.261. The lowest BCUT2D eigenvalue weighted by atomic mass is 10.1. The van der Waals surface area contributed by atoms with Gasteiger partial charge in [0.25, 0.3) is 11.1 Å². The van der Waals surface area contributed by atoms with E-state index in [1.165, 1.54) is 0 Å². The summed E-state index contributed by atoms with van der Waals surface area (Å²) in [5.74, 6) is -0.147. The molecule has 34 heavy (non-hydrogen) atoms. The van der Waals surface area contributed by atoms with Crippen LogP contribution in [-0.2, 0) is 20.9 Å². The van der Waals surface area contributed by atoms with Gasteiger partial charge in [0.2, 0.25) is 0 Å². The fourth-order valence-corrected chi connectivity index (χ4v) is 4.92. The van der Waals surface area contributed by atoms with Gasteiger partial charge in [-0.2, -0.15) is 0 Å². The number of rotatable bonds is 9. The van der Waals surface area contributed by atoms with E-state index >= 15 is 0 Å². The molecule has 0 N–H and O–H groups in total. The summed E-state index contributed by atoms with van der Waals surface area (Å²) < 4.78 is 17.4. The summed E-state index contributed by atoms with van der Waals surface area (Å²) in [5.41, 5.74) is 1.49. The van der Waals surface area contributed by atoms with Crippen LogP contribution < -0.4 is 9.47 Å². The fourth-order valence-electron chi connectivity index (χ4n) is 2.98. The van der Waals surface area contributed by atoms with Crippen LogP contribution in [0, 0.1) is 3.57 Å². The molecule has 2 amide bonds. The van der Waals surface area contributed by atoms with E-state index in [1.807, 2.05) is 19.1 Å². The Morgan fingerprint density at radius 3 is 2.53 bits per heavy atom. The van der Waals surface area contributed by atoms with E-state index in [2.05, 4.69) is 22.6 Å². The number of carbonyl (C=O) groups is 3. The van der Waals surface area contributed by atoms with Crippen molar-refractivity contribution < 1.29 is 28.6 Å². The largest absolute Gasteiger partial charge is 0.490 e. The van der Waals surface area contributed by atoms with Gasteiger partial charge in [-0.1, -0.05) is 29.3 Å². The Morgan fingerprint density at radius 1 is 1.09 bits per heavy atom. The molecule has 3 rings (SSSR count). The average molecular weight is 636 g/mol. The number of thioether (sulfide) groups is 1. The number of hydrogen-bond acceptors (Lipinski definition) is 7. The van der Waals surface area contributed by atoms with Gasteiger partial charge in [-0.05, 0) is 89.7 Å². The van der Waals surface area contributed by atoms with Gasteiger partial charge in [0.05, 0.1) is 31.7 Å². The van der Waals surface area contributed by atoms with Crippen LogP contribution in [-0.4, -0.2) is 41.8 Å². The number of imide groups is 1. The minimum Gasteiger partial charge on any atom is -0.490 e. The summed E-state index contributed by atoms with van der Waals surface area (Å²) in [5, 5.41) is 0.381. The lowest BCUT2D eigenvalue weighted by molar-refractivity contribution is -0.145. The van der Waals surface area contributed by atoms with Gasteiger partial charge in [-0.3, -0.25) is 19.3 Å². The van der Waals surface area contributed by atoms with Gasteiger partial charge < -0.3 is 14.2 Å². The minimum atomic E-state index is -0.636. The van der Waals surface area contributed by atoms with Gasteiger partial charge in [0, 0.05) is 0 Å². The van der Waals surface area contributed by atoms with Gasteiger partial charge in [-0.25, -0.2) is 0 Å². The molecule has 7 nitrogen and oxygen atoms in total. The number of hydrogen-bond donors (Lipinski definition) is 0. The average Bonchev–Trinajstić information content (AvgIpc) is 3.03. The van der Waals surface area contributed by atoms with Crippen LogP contribution >= 0.6 is 57.6 Å². The first-order chi connectivity index (χ1) is 16.2. The molecule has 0 aromatic heterocycles. The number of nitrogens with zero attached hydrogens (tertiary/aromatic N) is 1. The zero-order valence-corrected chi connectivity index (χ0v) is 22.7. The molecular weight excluding hydrogens is 616 g/mol. The van der Waals surface area contributed by atoms with Crippen LogP contribution in [0.4, 0.5) is 4.79 Å². The van der Waals surface area contributed by atoms with E-state index < -0.39 is 23.7 Å². The van der Waals surface area contributed by atoms with E-state index in [1.54, 1.807) is 31.2 Å². The molecule has 1 aliphatic heterocycles. The lowest BCUT2D eigenvalue weighted by Crippen LogP contribution is -2.34. The normalized spacial score (nSPS) is 14.6. The maximum Gasteiger partial charge on any atom is 0.326 e. The molecule has 0 aliphatic carbocycles. The van der Waals surface area contributed by atoms with Gasteiger partial charge in [0.15, 0.2) is 11.5 Å². The van der Waals surface area contributed by atoms with Gasteiger partial charge in [-0.15, -0.1) is 0 Å². The maximum absolute atomic E-state index is 12.7. The second-order valence-corrected chi connectivity index (χ2v) is 9.84. The van der Waals surface area contributed by atoms with Crippen molar-refractivity contribution in [3.63, 3.8) is 0 Å². The predicted octanol–water partition coefficient (Wildman–Crippen LogP) is 6.18. The first kappa shape index (κ1) is 26.7. The molecule has 0 radical (unpaired) electrons. The van der Waals surface area contributed by atoms with E-state index in [9.17, 15) is 14.4 Å². The van der Waals surface area contributed by atoms with E-state index in [4.69, 9.17) is 37.4 Å². The Morgan fingerprint density at radius 2 is 1.85 bits per heavy atom. The topological polar surface area (TPSA) is 82.1 Å². The smallest absolute Gasteiger partial charge is 0.326 e. The molecule has 1 saturated heterocycles. The van der Waals surface area contributed by atoms with Crippen LogP contribution in [0.5, 0.6) is 11.5 Å². The van der Waals surface area contributed by atoms with Crippen molar-refractivity contribution >= 4 is 80.7 Å². The zero-order chi connectivity index (χ0) is 24.8. The molecule has 0 atom stereocenters. The Balaban J connectivity index is 1.82. The third-order valence-corrected chi connectivity index (χ3v) is 6.91. The van der Waals surface area contributed by atoms with Crippen LogP contribution in [0.3, 0.4) is 0 Å². The van der Waals surface area contributed by atoms with Crippen LogP contribution in [0.1, 0.15) is 25.0 Å². The molecule has 2 aromatic rings. The summed E-state index contributed by atoms with van der Waals surface area (Å²) in [6.45, 7) is 3.91. The lowest BCUT2D eigenvalue weighted by Gasteiger charge is -2.15. The van der Waals surface area contributed by atoms with E-state index in [-0.39, 0.29) is 18.1 Å². The molecule has 0 spiro atoms. The molecule has 1 aliphatic rings. The molecule has 0 unspecified atom stereocenters. The second-order valence-electron chi connectivity index (χ2n) is 6.87. The zero-order valence-electron chi connectivity index (χ0n) is 18.2. The highest BCUT2D eigenvalue weighted by Crippen LogP contribution is 2.38. The highest BCUT2D eigenvalue weighted by Gasteiger charge is 2.36. The molecule has 1 fully saturated rings. The summed E-state index contributed by atoms with van der Waals surface area (Å²) in [4.78, 5) is 37.7. The number of halogens is 3. The monoisotopic (exact) mass is 635 g/mol. The van der Waals surface area contributed by atoms with E-state index in [0.29, 0.717) is 33.7 Å². The number of amides is 2. The number of carbonyl (C=O) groups excluding carboxylic acids is 3. The van der Waals surface area contributed by atoms with Crippen LogP contribution in [0.15, 0.2) is 35.2 Å². The molecule has 2 aromatic carbocycles. The Hall–Kier alpha value is -1.95. The van der Waals surface area contributed by atoms with Gasteiger partial charge >= 0.3 is 5.97 Å². The SMILES string of the molecule is CCOC(=O)CN1C(=O)S/C(=C/c2cc(I)c(OCc3ccc(Cl)c(Cl)c3)c(OCC)c2)C1=O. The summed E-state index contributed by atoms with van der Waals surface area (Å²) in [6, 6.07) is 8.80. The van der Waals surface area contributed by atoms with Crippen molar-refractivity contribution in [1.29, 1.82) is 0 Å². The highest BCUT2D eigenvalue weighted by molar-refractivity contribution is 14.1.